The Hall–Kier alpha value is -0.440. The third kappa shape index (κ3) is 6.03. The van der Waals surface area contributed by atoms with Crippen molar-refractivity contribution in [3.05, 3.63) is 10.5 Å². The average Bonchev–Trinajstić information content (AvgIpc) is 2.95. The Morgan fingerprint density at radius 2 is 1.53 bits per heavy atom. The molecule has 2 nitrogen and oxygen atoms in total. The van der Waals surface area contributed by atoms with Crippen LogP contribution in [0.2, 0.25) is 0 Å². The van der Waals surface area contributed by atoms with E-state index in [9.17, 15) is 0 Å². The van der Waals surface area contributed by atoms with Crippen molar-refractivity contribution >= 4 is 11.3 Å². The summed E-state index contributed by atoms with van der Waals surface area (Å²) in [6.45, 7) is 6.94. The fraction of sp³-hybridized carbons (Fsp3) is 0.875. The molecule has 0 unspecified atom stereocenters. The van der Waals surface area contributed by atoms with E-state index < -0.39 is 0 Å². The van der Waals surface area contributed by atoms with Gasteiger partial charge < -0.3 is 0 Å². The predicted molar refractivity (Wildman–Crippen MR) is 84.8 cm³/mol. The summed E-state index contributed by atoms with van der Waals surface area (Å²) in [5, 5.41) is 9.65. The highest BCUT2D eigenvalue weighted by atomic mass is 32.1. The first kappa shape index (κ1) is 16.6. The third-order valence-electron chi connectivity index (χ3n) is 4.04. The van der Waals surface area contributed by atoms with Gasteiger partial charge in [-0.05, 0) is 12.8 Å². The van der Waals surface area contributed by atoms with E-state index in [1.165, 1.54) is 69.2 Å². The first-order chi connectivity index (χ1) is 9.23. The van der Waals surface area contributed by atoms with Crippen molar-refractivity contribution in [2.24, 2.45) is 0 Å². The lowest BCUT2D eigenvalue weighted by Gasteiger charge is -2.27. The van der Waals surface area contributed by atoms with Gasteiger partial charge in [-0.2, -0.15) is 0 Å². The summed E-state index contributed by atoms with van der Waals surface area (Å²) in [6, 6.07) is 0. The minimum Gasteiger partial charge on any atom is -0.147 e. The molecule has 0 N–H and O–H groups in total. The van der Waals surface area contributed by atoms with Crippen LogP contribution in [0.4, 0.5) is 0 Å². The minimum atomic E-state index is 0.267. The zero-order valence-corrected chi connectivity index (χ0v) is 13.8. The Balaban J connectivity index is 2.47. The fourth-order valence-electron chi connectivity index (χ4n) is 2.66. The summed E-state index contributed by atoms with van der Waals surface area (Å²) < 4.78 is 0. The molecule has 0 spiro atoms. The molecular formula is C16H30N2S. The summed E-state index contributed by atoms with van der Waals surface area (Å²) >= 11 is 1.74. The standard InChI is InChI=1S/C16H30N2S/c1-4-6-8-10-12-16(3,13-11-9-7-5-2)15-18-17-14-19-15/h14H,4-13H2,1-3H3. The molecule has 3 heteroatoms. The van der Waals surface area contributed by atoms with Crippen molar-refractivity contribution in [2.45, 2.75) is 90.4 Å². The van der Waals surface area contributed by atoms with Gasteiger partial charge >= 0.3 is 0 Å². The molecule has 0 radical (unpaired) electrons. The van der Waals surface area contributed by atoms with Crippen LogP contribution in [0.25, 0.3) is 0 Å². The second kappa shape index (κ2) is 9.46. The lowest BCUT2D eigenvalue weighted by molar-refractivity contribution is 0.361. The third-order valence-corrected chi connectivity index (χ3v) is 5.04. The molecule has 0 aliphatic rings. The van der Waals surface area contributed by atoms with Crippen molar-refractivity contribution in [2.75, 3.05) is 0 Å². The summed E-state index contributed by atoms with van der Waals surface area (Å²) in [6.07, 6.45) is 13.3. The lowest BCUT2D eigenvalue weighted by atomic mass is 9.80. The van der Waals surface area contributed by atoms with Gasteiger partial charge in [-0.3, -0.25) is 0 Å². The molecule has 0 aliphatic heterocycles. The molecule has 1 aromatic heterocycles. The first-order valence-corrected chi connectivity index (χ1v) is 8.87. The minimum absolute atomic E-state index is 0.267. The number of unbranched alkanes of at least 4 members (excludes halogenated alkanes) is 6. The van der Waals surface area contributed by atoms with E-state index in [-0.39, 0.29) is 5.41 Å². The number of aromatic nitrogens is 2. The van der Waals surface area contributed by atoms with Gasteiger partial charge in [-0.25, -0.2) is 0 Å². The summed E-state index contributed by atoms with van der Waals surface area (Å²) in [4.78, 5) is 0. The molecule has 19 heavy (non-hydrogen) atoms. The van der Waals surface area contributed by atoms with Crippen molar-refractivity contribution in [3.8, 4) is 0 Å². The smallest absolute Gasteiger partial charge is 0.123 e. The van der Waals surface area contributed by atoms with Gasteiger partial charge in [0.05, 0.1) is 0 Å². The highest BCUT2D eigenvalue weighted by Crippen LogP contribution is 2.36. The molecule has 0 aromatic carbocycles. The van der Waals surface area contributed by atoms with Crippen molar-refractivity contribution in [3.63, 3.8) is 0 Å². The number of nitrogens with zero attached hydrogens (tertiary/aromatic N) is 2. The summed E-state index contributed by atoms with van der Waals surface area (Å²) in [5.74, 6) is 0. The quantitative estimate of drug-likeness (QED) is 0.484. The topological polar surface area (TPSA) is 25.8 Å². The van der Waals surface area contributed by atoms with Crippen molar-refractivity contribution in [1.29, 1.82) is 0 Å². The van der Waals surface area contributed by atoms with E-state index in [1.54, 1.807) is 11.3 Å². The SMILES string of the molecule is CCCCCCC(C)(CCCCCC)c1nncs1. The number of hydrogen-bond donors (Lipinski definition) is 0. The van der Waals surface area contributed by atoms with Crippen LogP contribution in [0.3, 0.4) is 0 Å². The monoisotopic (exact) mass is 282 g/mol. The number of rotatable bonds is 11. The first-order valence-electron chi connectivity index (χ1n) is 7.99. The Labute approximate surface area is 123 Å². The predicted octanol–water partition coefficient (Wildman–Crippen LogP) is 5.74. The molecule has 1 heterocycles. The van der Waals surface area contributed by atoms with E-state index in [0.717, 1.165) is 0 Å². The van der Waals surface area contributed by atoms with Gasteiger partial charge in [-0.1, -0.05) is 72.1 Å². The lowest BCUT2D eigenvalue weighted by Crippen LogP contribution is -2.22. The van der Waals surface area contributed by atoms with Crippen LogP contribution < -0.4 is 0 Å². The van der Waals surface area contributed by atoms with Crippen LogP contribution in [0.1, 0.15) is 90.0 Å². The highest BCUT2D eigenvalue weighted by molar-refractivity contribution is 7.09. The highest BCUT2D eigenvalue weighted by Gasteiger charge is 2.28. The summed E-state index contributed by atoms with van der Waals surface area (Å²) in [7, 11) is 0. The molecule has 0 fully saturated rings. The maximum Gasteiger partial charge on any atom is 0.123 e. The Morgan fingerprint density at radius 1 is 0.947 bits per heavy atom. The molecular weight excluding hydrogens is 252 g/mol. The van der Waals surface area contributed by atoms with Gasteiger partial charge in [-0.15, -0.1) is 21.5 Å². The van der Waals surface area contributed by atoms with Crippen molar-refractivity contribution in [1.82, 2.24) is 10.2 Å². The van der Waals surface area contributed by atoms with Crippen LogP contribution in [0.5, 0.6) is 0 Å². The molecule has 0 atom stereocenters. The van der Waals surface area contributed by atoms with Crippen LogP contribution in [-0.2, 0) is 5.41 Å². The zero-order valence-electron chi connectivity index (χ0n) is 13.0. The van der Waals surface area contributed by atoms with Crippen LogP contribution in [0.15, 0.2) is 5.51 Å². The van der Waals surface area contributed by atoms with Gasteiger partial charge in [0.25, 0.3) is 0 Å². The van der Waals surface area contributed by atoms with E-state index >= 15 is 0 Å². The molecule has 1 rings (SSSR count). The van der Waals surface area contributed by atoms with Crippen molar-refractivity contribution < 1.29 is 0 Å². The molecule has 0 saturated carbocycles. The normalized spacial score (nSPS) is 11.9. The Kier molecular flexibility index (Phi) is 8.27. The molecule has 0 saturated heterocycles. The molecule has 0 bridgehead atoms. The largest absolute Gasteiger partial charge is 0.147 e. The molecule has 1 aromatic rings. The maximum atomic E-state index is 4.35. The van der Waals surface area contributed by atoms with Gasteiger partial charge in [0.15, 0.2) is 0 Å². The second-order valence-corrected chi connectivity index (χ2v) is 6.76. The van der Waals surface area contributed by atoms with E-state index in [1.807, 2.05) is 5.51 Å². The Morgan fingerprint density at radius 3 is 1.95 bits per heavy atom. The second-order valence-electron chi connectivity index (χ2n) is 5.93. The maximum absolute atomic E-state index is 4.35. The van der Waals surface area contributed by atoms with E-state index in [0.29, 0.717) is 0 Å². The van der Waals surface area contributed by atoms with Gasteiger partial charge in [0.1, 0.15) is 10.5 Å². The Bertz CT molecular complexity index is 297. The average molecular weight is 282 g/mol. The van der Waals surface area contributed by atoms with Crippen LogP contribution in [0, 0.1) is 0 Å². The molecule has 110 valence electrons. The van der Waals surface area contributed by atoms with E-state index in [4.69, 9.17) is 0 Å². The molecule has 0 amide bonds. The van der Waals surface area contributed by atoms with Crippen LogP contribution in [-0.4, -0.2) is 10.2 Å². The van der Waals surface area contributed by atoms with E-state index in [2.05, 4.69) is 31.0 Å². The summed E-state index contributed by atoms with van der Waals surface area (Å²) in [5.41, 5.74) is 2.15. The van der Waals surface area contributed by atoms with Gasteiger partial charge in [0.2, 0.25) is 0 Å². The number of hydrogen-bond acceptors (Lipinski definition) is 3. The zero-order chi connectivity index (χ0) is 14.0. The van der Waals surface area contributed by atoms with Gasteiger partial charge in [0, 0.05) is 5.41 Å². The van der Waals surface area contributed by atoms with Crippen LogP contribution >= 0.6 is 11.3 Å². The fourth-order valence-corrected chi connectivity index (χ4v) is 3.44. The molecule has 0 aliphatic carbocycles.